The van der Waals surface area contributed by atoms with E-state index in [1.54, 1.807) is 18.2 Å². The SMILES string of the molecule is O=C(NCC1(C(=O)O)CCOCC1)c1cccc(OC2CCCC2)c1. The van der Waals surface area contributed by atoms with Crippen molar-refractivity contribution in [3.8, 4) is 5.75 Å². The third-order valence-electron chi connectivity index (χ3n) is 5.19. The third kappa shape index (κ3) is 4.31. The summed E-state index contributed by atoms with van der Waals surface area (Å²) in [4.78, 5) is 24.1. The van der Waals surface area contributed by atoms with Crippen molar-refractivity contribution >= 4 is 11.9 Å². The van der Waals surface area contributed by atoms with Crippen molar-refractivity contribution in [3.63, 3.8) is 0 Å². The number of carboxylic acid groups (broad SMARTS) is 1. The Labute approximate surface area is 147 Å². The second-order valence-electron chi connectivity index (χ2n) is 6.93. The lowest BCUT2D eigenvalue weighted by molar-refractivity contribution is -0.154. The summed E-state index contributed by atoms with van der Waals surface area (Å²) in [6, 6.07) is 7.09. The minimum absolute atomic E-state index is 0.109. The minimum Gasteiger partial charge on any atom is -0.490 e. The second-order valence-corrected chi connectivity index (χ2v) is 6.93. The van der Waals surface area contributed by atoms with Crippen LogP contribution in [0.25, 0.3) is 0 Å². The van der Waals surface area contributed by atoms with Crippen LogP contribution < -0.4 is 10.1 Å². The van der Waals surface area contributed by atoms with E-state index in [0.717, 1.165) is 12.8 Å². The Kier molecular flexibility index (Phi) is 5.58. The summed E-state index contributed by atoms with van der Waals surface area (Å²) in [5.41, 5.74) is -0.450. The van der Waals surface area contributed by atoms with Gasteiger partial charge in [0.2, 0.25) is 0 Å². The summed E-state index contributed by atoms with van der Waals surface area (Å²) < 4.78 is 11.2. The summed E-state index contributed by atoms with van der Waals surface area (Å²) in [5.74, 6) is -0.461. The molecule has 1 aliphatic carbocycles. The second kappa shape index (κ2) is 7.87. The Bertz CT molecular complexity index is 618. The van der Waals surface area contributed by atoms with Gasteiger partial charge in [0, 0.05) is 25.3 Å². The van der Waals surface area contributed by atoms with Crippen LogP contribution in [0.2, 0.25) is 0 Å². The molecule has 0 bridgehead atoms. The molecule has 6 heteroatoms. The lowest BCUT2D eigenvalue weighted by atomic mass is 9.80. The van der Waals surface area contributed by atoms with Crippen LogP contribution in [-0.2, 0) is 9.53 Å². The molecule has 1 saturated heterocycles. The Morgan fingerprint density at radius 2 is 1.96 bits per heavy atom. The van der Waals surface area contributed by atoms with E-state index < -0.39 is 11.4 Å². The molecule has 6 nitrogen and oxygen atoms in total. The Hall–Kier alpha value is -2.08. The maximum Gasteiger partial charge on any atom is 0.311 e. The van der Waals surface area contributed by atoms with Crippen LogP contribution in [0.1, 0.15) is 48.9 Å². The van der Waals surface area contributed by atoms with Crippen LogP contribution in [-0.4, -0.2) is 42.8 Å². The maximum absolute atomic E-state index is 12.5. The van der Waals surface area contributed by atoms with Crippen molar-refractivity contribution in [1.82, 2.24) is 5.32 Å². The monoisotopic (exact) mass is 347 g/mol. The zero-order valence-corrected chi connectivity index (χ0v) is 14.3. The molecule has 1 saturated carbocycles. The van der Waals surface area contributed by atoms with Gasteiger partial charge in [-0.1, -0.05) is 6.07 Å². The third-order valence-corrected chi connectivity index (χ3v) is 5.19. The summed E-state index contributed by atoms with van der Waals surface area (Å²) >= 11 is 0. The van der Waals surface area contributed by atoms with Crippen LogP contribution in [0.4, 0.5) is 0 Å². The number of carbonyl (C=O) groups excluding carboxylic acids is 1. The van der Waals surface area contributed by atoms with Crippen molar-refractivity contribution in [1.29, 1.82) is 0 Å². The molecular weight excluding hydrogens is 322 g/mol. The van der Waals surface area contributed by atoms with Gasteiger partial charge in [-0.3, -0.25) is 9.59 Å². The molecule has 0 unspecified atom stereocenters. The molecule has 1 amide bonds. The number of aliphatic carboxylic acids is 1. The van der Waals surface area contributed by atoms with E-state index in [9.17, 15) is 14.7 Å². The standard InChI is InChI=1S/C19H25NO5/c21-17(20-13-19(18(22)23)8-10-24-11-9-19)14-4-3-7-16(12-14)25-15-5-1-2-6-15/h3-4,7,12,15H,1-2,5-6,8-11,13H2,(H,20,21)(H,22,23). The van der Waals surface area contributed by atoms with Crippen molar-refractivity contribution in [2.24, 2.45) is 5.41 Å². The molecule has 0 aromatic heterocycles. The highest BCUT2D eigenvalue weighted by Gasteiger charge is 2.40. The predicted octanol–water partition coefficient (Wildman–Crippen LogP) is 2.62. The molecule has 25 heavy (non-hydrogen) atoms. The number of hydrogen-bond acceptors (Lipinski definition) is 4. The molecule has 136 valence electrons. The highest BCUT2D eigenvalue weighted by Crippen LogP contribution is 2.30. The van der Waals surface area contributed by atoms with Crippen LogP contribution in [0, 0.1) is 5.41 Å². The Morgan fingerprint density at radius 3 is 2.64 bits per heavy atom. The molecular formula is C19H25NO5. The van der Waals surface area contributed by atoms with E-state index in [2.05, 4.69) is 5.32 Å². The van der Waals surface area contributed by atoms with Gasteiger partial charge >= 0.3 is 5.97 Å². The smallest absolute Gasteiger partial charge is 0.311 e. The van der Waals surface area contributed by atoms with E-state index in [4.69, 9.17) is 9.47 Å². The first kappa shape index (κ1) is 17.7. The van der Waals surface area contributed by atoms with Gasteiger partial charge in [0.15, 0.2) is 0 Å². The number of carbonyl (C=O) groups is 2. The highest BCUT2D eigenvalue weighted by molar-refractivity contribution is 5.95. The highest BCUT2D eigenvalue weighted by atomic mass is 16.5. The molecule has 1 aliphatic heterocycles. The van der Waals surface area contributed by atoms with Gasteiger partial charge in [0.05, 0.1) is 11.5 Å². The molecule has 1 heterocycles. The predicted molar refractivity (Wildman–Crippen MR) is 91.8 cm³/mol. The van der Waals surface area contributed by atoms with Crippen LogP contribution >= 0.6 is 0 Å². The van der Waals surface area contributed by atoms with Gasteiger partial charge in [-0.05, 0) is 56.7 Å². The molecule has 0 spiro atoms. The summed E-state index contributed by atoms with van der Waals surface area (Å²) in [7, 11) is 0. The van der Waals surface area contributed by atoms with Gasteiger partial charge in [-0.15, -0.1) is 0 Å². The summed E-state index contributed by atoms with van der Waals surface area (Å²) in [5, 5.41) is 12.3. The van der Waals surface area contributed by atoms with Crippen LogP contribution in [0.3, 0.4) is 0 Å². The zero-order valence-electron chi connectivity index (χ0n) is 14.3. The fraction of sp³-hybridized carbons (Fsp3) is 0.579. The largest absolute Gasteiger partial charge is 0.490 e. The maximum atomic E-state index is 12.5. The van der Waals surface area contributed by atoms with E-state index >= 15 is 0 Å². The van der Waals surface area contributed by atoms with Crippen molar-refractivity contribution < 1.29 is 24.2 Å². The average molecular weight is 347 g/mol. The lowest BCUT2D eigenvalue weighted by Crippen LogP contribution is -2.46. The van der Waals surface area contributed by atoms with Gasteiger partial charge in [0.1, 0.15) is 5.75 Å². The summed E-state index contributed by atoms with van der Waals surface area (Å²) in [6.07, 6.45) is 5.54. The van der Waals surface area contributed by atoms with Gasteiger partial charge in [0.25, 0.3) is 5.91 Å². The molecule has 2 fully saturated rings. The molecule has 0 radical (unpaired) electrons. The van der Waals surface area contributed by atoms with Crippen LogP contribution in [0.5, 0.6) is 5.75 Å². The number of nitrogens with one attached hydrogen (secondary N) is 1. The number of benzene rings is 1. The molecule has 2 aliphatic rings. The number of carboxylic acids is 1. The first-order valence-electron chi connectivity index (χ1n) is 8.95. The topological polar surface area (TPSA) is 84.9 Å². The molecule has 0 atom stereocenters. The van der Waals surface area contributed by atoms with Gasteiger partial charge in [-0.25, -0.2) is 0 Å². The fourth-order valence-electron chi connectivity index (χ4n) is 3.49. The molecule has 1 aromatic carbocycles. The fourth-order valence-corrected chi connectivity index (χ4v) is 3.49. The normalized spacial score (nSPS) is 20.2. The Balaban J connectivity index is 1.61. The molecule has 2 N–H and O–H groups in total. The van der Waals surface area contributed by atoms with E-state index in [1.807, 2.05) is 6.07 Å². The zero-order chi connectivity index (χ0) is 17.7. The number of ether oxygens (including phenoxy) is 2. The van der Waals surface area contributed by atoms with Crippen molar-refractivity contribution in [3.05, 3.63) is 29.8 Å². The Morgan fingerprint density at radius 1 is 1.24 bits per heavy atom. The average Bonchev–Trinajstić information content (AvgIpc) is 3.13. The first-order chi connectivity index (χ1) is 12.1. The van der Waals surface area contributed by atoms with Gasteiger partial charge in [-0.2, -0.15) is 0 Å². The molecule has 3 rings (SSSR count). The van der Waals surface area contributed by atoms with Crippen molar-refractivity contribution in [2.45, 2.75) is 44.6 Å². The minimum atomic E-state index is -0.939. The first-order valence-corrected chi connectivity index (χ1v) is 8.95. The van der Waals surface area contributed by atoms with Gasteiger partial charge < -0.3 is 19.9 Å². The van der Waals surface area contributed by atoms with E-state index in [1.165, 1.54) is 12.8 Å². The quantitative estimate of drug-likeness (QED) is 0.826. The van der Waals surface area contributed by atoms with Crippen LogP contribution in [0.15, 0.2) is 24.3 Å². The summed E-state index contributed by atoms with van der Waals surface area (Å²) in [6.45, 7) is 0.929. The van der Waals surface area contributed by atoms with E-state index in [-0.39, 0.29) is 18.6 Å². The lowest BCUT2D eigenvalue weighted by Gasteiger charge is -2.33. The number of amides is 1. The number of hydrogen-bond donors (Lipinski definition) is 2. The number of rotatable bonds is 6. The molecule has 1 aromatic rings. The van der Waals surface area contributed by atoms with Crippen molar-refractivity contribution in [2.75, 3.05) is 19.8 Å². The van der Waals surface area contributed by atoms with E-state index in [0.29, 0.717) is 37.4 Å².